The quantitative estimate of drug-likeness (QED) is 0.659. The molecule has 0 radical (unpaired) electrons. The van der Waals surface area contributed by atoms with Gasteiger partial charge in [-0.15, -0.1) is 0 Å². The molecular formula is C22H26N4O4. The van der Waals surface area contributed by atoms with Gasteiger partial charge in [-0.3, -0.25) is 19.5 Å². The highest BCUT2D eigenvalue weighted by atomic mass is 16.5. The molecule has 0 aliphatic carbocycles. The minimum absolute atomic E-state index is 0.0217. The van der Waals surface area contributed by atoms with Crippen molar-refractivity contribution < 1.29 is 19.1 Å². The summed E-state index contributed by atoms with van der Waals surface area (Å²) in [5.74, 6) is 0.305. The Kier molecular flexibility index (Phi) is 7.40. The Morgan fingerprint density at radius 2 is 1.83 bits per heavy atom. The van der Waals surface area contributed by atoms with Crippen molar-refractivity contribution in [3.63, 3.8) is 0 Å². The molecule has 1 aliphatic heterocycles. The highest BCUT2D eigenvalue weighted by Crippen LogP contribution is 2.28. The summed E-state index contributed by atoms with van der Waals surface area (Å²) in [6.07, 6.45) is 6.90. The van der Waals surface area contributed by atoms with Crippen LogP contribution in [0.3, 0.4) is 0 Å². The normalized spacial score (nSPS) is 14.6. The van der Waals surface area contributed by atoms with Gasteiger partial charge in [0, 0.05) is 51.2 Å². The molecule has 2 amide bonds. The molecule has 0 atom stereocenters. The number of primary amides is 1. The van der Waals surface area contributed by atoms with Crippen LogP contribution in [0.4, 0.5) is 0 Å². The van der Waals surface area contributed by atoms with Crippen LogP contribution in [0.2, 0.25) is 0 Å². The average molecular weight is 410 g/mol. The van der Waals surface area contributed by atoms with E-state index in [1.165, 1.54) is 12.7 Å². The first kappa shape index (κ1) is 21.3. The molecule has 30 heavy (non-hydrogen) atoms. The van der Waals surface area contributed by atoms with Gasteiger partial charge in [-0.2, -0.15) is 0 Å². The van der Waals surface area contributed by atoms with Gasteiger partial charge in [-0.1, -0.05) is 6.07 Å². The van der Waals surface area contributed by atoms with Crippen molar-refractivity contribution in [2.75, 3.05) is 39.9 Å². The Morgan fingerprint density at radius 3 is 2.50 bits per heavy atom. The van der Waals surface area contributed by atoms with E-state index in [1.807, 2.05) is 17.0 Å². The SMILES string of the molecule is COc1cc(/C=C/C(=O)N2CCN(Cc3ccncc3)CC2)ccc1OCC(N)=O. The number of nitrogens with two attached hydrogens (primary N) is 1. The monoisotopic (exact) mass is 410 g/mol. The minimum Gasteiger partial charge on any atom is -0.493 e. The summed E-state index contributed by atoms with van der Waals surface area (Å²) in [4.78, 5) is 31.6. The summed E-state index contributed by atoms with van der Waals surface area (Å²) in [5, 5.41) is 0. The first-order valence-electron chi connectivity index (χ1n) is 9.72. The third-order valence-electron chi connectivity index (χ3n) is 4.82. The molecule has 8 nitrogen and oxygen atoms in total. The van der Waals surface area contributed by atoms with E-state index in [0.717, 1.165) is 25.2 Å². The summed E-state index contributed by atoms with van der Waals surface area (Å²) < 4.78 is 10.6. The molecule has 0 saturated carbocycles. The molecule has 0 unspecified atom stereocenters. The van der Waals surface area contributed by atoms with Crippen molar-refractivity contribution in [1.82, 2.24) is 14.8 Å². The van der Waals surface area contributed by atoms with E-state index in [0.29, 0.717) is 24.6 Å². The van der Waals surface area contributed by atoms with E-state index in [4.69, 9.17) is 15.2 Å². The lowest BCUT2D eigenvalue weighted by atomic mass is 10.1. The van der Waals surface area contributed by atoms with Gasteiger partial charge in [-0.25, -0.2) is 0 Å². The number of methoxy groups -OCH3 is 1. The molecule has 1 saturated heterocycles. The number of hydrogen-bond donors (Lipinski definition) is 1. The summed E-state index contributed by atoms with van der Waals surface area (Å²) >= 11 is 0. The van der Waals surface area contributed by atoms with Crippen LogP contribution in [0.5, 0.6) is 11.5 Å². The van der Waals surface area contributed by atoms with Gasteiger partial charge >= 0.3 is 0 Å². The van der Waals surface area contributed by atoms with Gasteiger partial charge in [-0.05, 0) is 41.5 Å². The smallest absolute Gasteiger partial charge is 0.255 e. The third-order valence-corrected chi connectivity index (χ3v) is 4.82. The van der Waals surface area contributed by atoms with Crippen molar-refractivity contribution in [3.05, 3.63) is 59.9 Å². The molecule has 1 aromatic carbocycles. The molecular weight excluding hydrogens is 384 g/mol. The Morgan fingerprint density at radius 1 is 1.10 bits per heavy atom. The predicted octanol–water partition coefficient (Wildman–Crippen LogP) is 1.31. The van der Waals surface area contributed by atoms with Gasteiger partial charge in [0.15, 0.2) is 18.1 Å². The first-order chi connectivity index (χ1) is 14.5. The van der Waals surface area contributed by atoms with Crippen LogP contribution >= 0.6 is 0 Å². The zero-order chi connectivity index (χ0) is 21.3. The van der Waals surface area contributed by atoms with E-state index < -0.39 is 5.91 Å². The lowest BCUT2D eigenvalue weighted by Crippen LogP contribution is -2.47. The van der Waals surface area contributed by atoms with Gasteiger partial charge in [0.1, 0.15) is 0 Å². The first-order valence-corrected chi connectivity index (χ1v) is 9.72. The van der Waals surface area contributed by atoms with E-state index in [-0.39, 0.29) is 12.5 Å². The number of pyridine rings is 1. The molecule has 1 aliphatic rings. The number of ether oxygens (including phenoxy) is 2. The maximum atomic E-state index is 12.5. The second kappa shape index (κ2) is 10.4. The Hall–Kier alpha value is -3.39. The molecule has 2 aromatic rings. The Balaban J connectivity index is 1.52. The number of carbonyl (C=O) groups excluding carboxylic acids is 2. The average Bonchev–Trinajstić information content (AvgIpc) is 2.77. The summed E-state index contributed by atoms with van der Waals surface area (Å²) in [7, 11) is 1.51. The van der Waals surface area contributed by atoms with Gasteiger partial charge < -0.3 is 20.1 Å². The van der Waals surface area contributed by atoms with E-state index >= 15 is 0 Å². The number of piperazine rings is 1. The van der Waals surface area contributed by atoms with Crippen molar-refractivity contribution in [3.8, 4) is 11.5 Å². The van der Waals surface area contributed by atoms with Gasteiger partial charge in [0.2, 0.25) is 5.91 Å². The van der Waals surface area contributed by atoms with E-state index in [2.05, 4.69) is 9.88 Å². The second-order valence-electron chi connectivity index (χ2n) is 6.96. The summed E-state index contributed by atoms with van der Waals surface area (Å²) in [5.41, 5.74) is 7.12. The number of nitrogens with zero attached hydrogens (tertiary/aromatic N) is 3. The fourth-order valence-electron chi connectivity index (χ4n) is 3.20. The lowest BCUT2D eigenvalue weighted by Gasteiger charge is -2.34. The summed E-state index contributed by atoms with van der Waals surface area (Å²) in [6.45, 7) is 3.69. The number of aromatic nitrogens is 1. The molecule has 1 fully saturated rings. The highest BCUT2D eigenvalue weighted by molar-refractivity contribution is 5.92. The topological polar surface area (TPSA) is 98.0 Å². The number of benzene rings is 1. The Labute approximate surface area is 175 Å². The van der Waals surface area contributed by atoms with Gasteiger partial charge in [0.05, 0.1) is 7.11 Å². The molecule has 2 heterocycles. The maximum absolute atomic E-state index is 12.5. The summed E-state index contributed by atoms with van der Waals surface area (Å²) in [6, 6.07) is 9.24. The fraction of sp³-hybridized carbons (Fsp3) is 0.318. The van der Waals surface area contributed by atoms with Crippen LogP contribution in [0.15, 0.2) is 48.8 Å². The molecule has 1 aromatic heterocycles. The Bertz CT molecular complexity index is 893. The number of hydrogen-bond acceptors (Lipinski definition) is 6. The lowest BCUT2D eigenvalue weighted by molar-refractivity contribution is -0.127. The second-order valence-corrected chi connectivity index (χ2v) is 6.96. The van der Waals surface area contributed by atoms with Crippen molar-refractivity contribution >= 4 is 17.9 Å². The number of rotatable bonds is 8. The van der Waals surface area contributed by atoms with Crippen molar-refractivity contribution in [2.24, 2.45) is 5.73 Å². The van der Waals surface area contributed by atoms with Gasteiger partial charge in [0.25, 0.3) is 5.91 Å². The molecule has 0 bridgehead atoms. The maximum Gasteiger partial charge on any atom is 0.255 e. The predicted molar refractivity (Wildman–Crippen MR) is 113 cm³/mol. The highest BCUT2D eigenvalue weighted by Gasteiger charge is 2.19. The van der Waals surface area contributed by atoms with Crippen molar-refractivity contribution in [1.29, 1.82) is 0 Å². The largest absolute Gasteiger partial charge is 0.493 e. The third kappa shape index (κ3) is 6.05. The zero-order valence-corrected chi connectivity index (χ0v) is 17.0. The molecule has 3 rings (SSSR count). The number of amides is 2. The van der Waals surface area contributed by atoms with Crippen LogP contribution in [0, 0.1) is 0 Å². The zero-order valence-electron chi connectivity index (χ0n) is 17.0. The van der Waals surface area contributed by atoms with E-state index in [1.54, 1.807) is 42.7 Å². The molecule has 8 heteroatoms. The van der Waals surface area contributed by atoms with Crippen LogP contribution in [0.1, 0.15) is 11.1 Å². The molecule has 158 valence electrons. The molecule has 0 spiro atoms. The van der Waals surface area contributed by atoms with Crippen LogP contribution in [-0.2, 0) is 16.1 Å². The standard InChI is InChI=1S/C22H26N4O4/c1-29-20-14-17(2-4-19(20)30-16-21(23)27)3-5-22(28)26-12-10-25(11-13-26)15-18-6-8-24-9-7-18/h2-9,14H,10-13,15-16H2,1H3,(H2,23,27)/b5-3+. The van der Waals surface area contributed by atoms with Crippen LogP contribution in [0.25, 0.3) is 6.08 Å². The fourth-order valence-corrected chi connectivity index (χ4v) is 3.20. The van der Waals surface area contributed by atoms with Crippen LogP contribution in [-0.4, -0.2) is 66.5 Å². The van der Waals surface area contributed by atoms with Crippen molar-refractivity contribution in [2.45, 2.75) is 6.54 Å². The number of carbonyl (C=O) groups is 2. The van der Waals surface area contributed by atoms with Crippen LogP contribution < -0.4 is 15.2 Å². The minimum atomic E-state index is -0.563. The molecule has 2 N–H and O–H groups in total. The van der Waals surface area contributed by atoms with E-state index in [9.17, 15) is 9.59 Å².